The van der Waals surface area contributed by atoms with Crippen LogP contribution in [0.25, 0.3) is 0 Å². The SMILES string of the molecule is NC(=O)CC1CCN(C(=O)C(N)c2cccs2)CC1. The van der Waals surface area contributed by atoms with Gasteiger partial charge in [-0.15, -0.1) is 11.3 Å². The highest BCUT2D eigenvalue weighted by molar-refractivity contribution is 7.10. The summed E-state index contributed by atoms with van der Waals surface area (Å²) < 4.78 is 0. The Labute approximate surface area is 116 Å². The predicted molar refractivity (Wildman–Crippen MR) is 74.4 cm³/mol. The number of nitrogens with zero attached hydrogens (tertiary/aromatic N) is 1. The van der Waals surface area contributed by atoms with E-state index in [1.165, 1.54) is 11.3 Å². The lowest BCUT2D eigenvalue weighted by molar-refractivity contribution is -0.134. The molecular formula is C13H19N3O2S. The second kappa shape index (κ2) is 6.16. The minimum Gasteiger partial charge on any atom is -0.370 e. The van der Waals surface area contributed by atoms with Crippen LogP contribution in [0.1, 0.15) is 30.2 Å². The second-order valence-corrected chi connectivity index (χ2v) is 5.91. The maximum absolute atomic E-state index is 12.2. The maximum Gasteiger partial charge on any atom is 0.244 e. The van der Waals surface area contributed by atoms with Crippen LogP contribution in [0.5, 0.6) is 0 Å². The lowest BCUT2D eigenvalue weighted by atomic mass is 9.93. The molecule has 5 nitrogen and oxygen atoms in total. The van der Waals surface area contributed by atoms with Crippen LogP contribution in [0.3, 0.4) is 0 Å². The molecular weight excluding hydrogens is 262 g/mol. The minimum atomic E-state index is -0.562. The largest absolute Gasteiger partial charge is 0.370 e. The van der Waals surface area contributed by atoms with Gasteiger partial charge in [0.2, 0.25) is 11.8 Å². The number of nitrogens with two attached hydrogens (primary N) is 2. The fourth-order valence-electron chi connectivity index (χ4n) is 2.43. The molecule has 1 aliphatic rings. The van der Waals surface area contributed by atoms with E-state index in [2.05, 4.69) is 0 Å². The van der Waals surface area contributed by atoms with Gasteiger partial charge in [-0.25, -0.2) is 0 Å². The number of rotatable bonds is 4. The number of hydrogen-bond acceptors (Lipinski definition) is 4. The molecule has 104 valence electrons. The van der Waals surface area contributed by atoms with Gasteiger partial charge in [0.15, 0.2) is 0 Å². The van der Waals surface area contributed by atoms with Crippen LogP contribution in [0.15, 0.2) is 17.5 Å². The Kier molecular flexibility index (Phi) is 4.55. The first-order chi connectivity index (χ1) is 9.08. The summed E-state index contributed by atoms with van der Waals surface area (Å²) in [5, 5.41) is 1.92. The molecule has 1 aliphatic heterocycles. The van der Waals surface area contributed by atoms with Crippen molar-refractivity contribution in [2.24, 2.45) is 17.4 Å². The van der Waals surface area contributed by atoms with Crippen LogP contribution in [0.4, 0.5) is 0 Å². The van der Waals surface area contributed by atoms with Crippen molar-refractivity contribution in [1.82, 2.24) is 4.90 Å². The van der Waals surface area contributed by atoms with Crippen LogP contribution in [0, 0.1) is 5.92 Å². The minimum absolute atomic E-state index is 0.0278. The van der Waals surface area contributed by atoms with Gasteiger partial charge in [-0.1, -0.05) is 6.07 Å². The van der Waals surface area contributed by atoms with E-state index in [0.717, 1.165) is 17.7 Å². The molecule has 0 spiro atoms. The van der Waals surface area contributed by atoms with Crippen LogP contribution in [0.2, 0.25) is 0 Å². The van der Waals surface area contributed by atoms with E-state index in [4.69, 9.17) is 11.5 Å². The summed E-state index contributed by atoms with van der Waals surface area (Å²) in [5.74, 6) is 0.0135. The monoisotopic (exact) mass is 281 g/mol. The normalized spacial score (nSPS) is 18.3. The van der Waals surface area contributed by atoms with E-state index in [1.54, 1.807) is 4.90 Å². The van der Waals surface area contributed by atoms with Gasteiger partial charge >= 0.3 is 0 Å². The fourth-order valence-corrected chi connectivity index (χ4v) is 3.15. The standard InChI is InChI=1S/C13H19N3O2S/c14-11(17)8-9-3-5-16(6-4-9)13(18)12(15)10-2-1-7-19-10/h1-2,7,9,12H,3-6,8,15H2,(H2,14,17). The summed E-state index contributed by atoms with van der Waals surface area (Å²) >= 11 is 1.50. The molecule has 0 bridgehead atoms. The number of thiophene rings is 1. The van der Waals surface area contributed by atoms with E-state index in [1.807, 2.05) is 17.5 Å². The lowest BCUT2D eigenvalue weighted by Crippen LogP contribution is -2.43. The molecule has 19 heavy (non-hydrogen) atoms. The molecule has 1 fully saturated rings. The molecule has 1 unspecified atom stereocenters. The van der Waals surface area contributed by atoms with Crippen LogP contribution >= 0.6 is 11.3 Å². The third-order valence-electron chi connectivity index (χ3n) is 3.53. The fraction of sp³-hybridized carbons (Fsp3) is 0.538. The van der Waals surface area contributed by atoms with Crippen molar-refractivity contribution in [3.05, 3.63) is 22.4 Å². The van der Waals surface area contributed by atoms with Gasteiger partial charge in [0.1, 0.15) is 6.04 Å². The van der Waals surface area contributed by atoms with Crippen molar-refractivity contribution in [2.75, 3.05) is 13.1 Å². The van der Waals surface area contributed by atoms with Crippen molar-refractivity contribution >= 4 is 23.2 Å². The highest BCUT2D eigenvalue weighted by atomic mass is 32.1. The zero-order chi connectivity index (χ0) is 13.8. The van der Waals surface area contributed by atoms with Crippen molar-refractivity contribution in [2.45, 2.75) is 25.3 Å². The van der Waals surface area contributed by atoms with Gasteiger partial charge in [0.05, 0.1) is 0 Å². The van der Waals surface area contributed by atoms with E-state index in [9.17, 15) is 9.59 Å². The van der Waals surface area contributed by atoms with Gasteiger partial charge in [-0.3, -0.25) is 9.59 Å². The first kappa shape index (κ1) is 14.0. The molecule has 0 aliphatic carbocycles. The molecule has 2 rings (SSSR count). The smallest absolute Gasteiger partial charge is 0.244 e. The lowest BCUT2D eigenvalue weighted by Gasteiger charge is -2.33. The summed E-state index contributed by atoms with van der Waals surface area (Å²) in [6.45, 7) is 1.33. The van der Waals surface area contributed by atoms with Crippen LogP contribution < -0.4 is 11.5 Å². The molecule has 2 amide bonds. The number of carbonyl (C=O) groups is 2. The molecule has 1 atom stereocenters. The second-order valence-electron chi connectivity index (χ2n) is 4.93. The Bertz CT molecular complexity index is 439. The van der Waals surface area contributed by atoms with E-state index < -0.39 is 6.04 Å². The summed E-state index contributed by atoms with van der Waals surface area (Å²) in [7, 11) is 0. The van der Waals surface area contributed by atoms with E-state index in [-0.39, 0.29) is 11.8 Å². The summed E-state index contributed by atoms with van der Waals surface area (Å²) in [4.78, 5) is 25.8. The topological polar surface area (TPSA) is 89.4 Å². The van der Waals surface area contributed by atoms with Crippen molar-refractivity contribution in [3.8, 4) is 0 Å². The van der Waals surface area contributed by atoms with E-state index >= 15 is 0 Å². The first-order valence-corrected chi connectivity index (χ1v) is 7.32. The number of likely N-dealkylation sites (tertiary alicyclic amines) is 1. The Morgan fingerprint density at radius 1 is 1.42 bits per heavy atom. The molecule has 4 N–H and O–H groups in total. The summed E-state index contributed by atoms with van der Waals surface area (Å²) in [6.07, 6.45) is 2.07. The molecule has 2 heterocycles. The number of piperidine rings is 1. The number of amides is 2. The van der Waals surface area contributed by atoms with Gasteiger partial charge < -0.3 is 16.4 Å². The van der Waals surface area contributed by atoms with Gasteiger partial charge in [-0.05, 0) is 30.2 Å². The maximum atomic E-state index is 12.2. The Morgan fingerprint density at radius 3 is 2.63 bits per heavy atom. The molecule has 0 saturated carbocycles. The molecule has 6 heteroatoms. The Morgan fingerprint density at radius 2 is 2.11 bits per heavy atom. The predicted octanol–water partition coefficient (Wildman–Crippen LogP) is 0.862. The third kappa shape index (κ3) is 3.54. The molecule has 1 aromatic rings. The molecule has 0 aromatic carbocycles. The third-order valence-corrected chi connectivity index (χ3v) is 4.49. The Balaban J connectivity index is 1.87. The first-order valence-electron chi connectivity index (χ1n) is 6.44. The van der Waals surface area contributed by atoms with Gasteiger partial charge in [0, 0.05) is 24.4 Å². The molecule has 1 saturated heterocycles. The molecule has 1 aromatic heterocycles. The van der Waals surface area contributed by atoms with Gasteiger partial charge in [0.25, 0.3) is 0 Å². The average molecular weight is 281 g/mol. The highest BCUT2D eigenvalue weighted by Gasteiger charge is 2.27. The number of primary amides is 1. The number of hydrogen-bond donors (Lipinski definition) is 2. The van der Waals surface area contributed by atoms with Crippen molar-refractivity contribution in [1.29, 1.82) is 0 Å². The summed E-state index contributed by atoms with van der Waals surface area (Å²) in [5.41, 5.74) is 11.2. The van der Waals surface area contributed by atoms with Gasteiger partial charge in [-0.2, -0.15) is 0 Å². The van der Waals surface area contributed by atoms with Crippen molar-refractivity contribution < 1.29 is 9.59 Å². The Hall–Kier alpha value is -1.40. The number of carbonyl (C=O) groups excluding carboxylic acids is 2. The highest BCUT2D eigenvalue weighted by Crippen LogP contribution is 2.24. The van der Waals surface area contributed by atoms with E-state index in [0.29, 0.717) is 25.4 Å². The summed E-state index contributed by atoms with van der Waals surface area (Å²) in [6, 6.07) is 3.21. The quantitative estimate of drug-likeness (QED) is 0.858. The molecule has 0 radical (unpaired) electrons. The zero-order valence-corrected chi connectivity index (χ0v) is 11.6. The average Bonchev–Trinajstić information content (AvgIpc) is 2.91. The zero-order valence-electron chi connectivity index (χ0n) is 10.7. The van der Waals surface area contributed by atoms with Crippen molar-refractivity contribution in [3.63, 3.8) is 0 Å². The van der Waals surface area contributed by atoms with Crippen LogP contribution in [-0.4, -0.2) is 29.8 Å². The van der Waals surface area contributed by atoms with Crippen LogP contribution in [-0.2, 0) is 9.59 Å².